The first-order valence-corrected chi connectivity index (χ1v) is 4.79. The molecule has 0 radical (unpaired) electrons. The topological polar surface area (TPSA) is 56.8 Å². The summed E-state index contributed by atoms with van der Waals surface area (Å²) in [5.41, 5.74) is 0. The number of nitrogens with zero attached hydrogens (tertiary/aromatic N) is 3. The van der Waals surface area contributed by atoms with Gasteiger partial charge in [0.2, 0.25) is 0 Å². The average Bonchev–Trinajstić information content (AvgIpc) is 2.64. The maximum absolute atomic E-state index is 12.3. The van der Waals surface area contributed by atoms with Crippen molar-refractivity contribution in [1.82, 2.24) is 25.4 Å². The van der Waals surface area contributed by atoms with Gasteiger partial charge in [-0.3, -0.25) is 10.00 Å². The Balaban J connectivity index is 2.50. The average molecular weight is 237 g/mol. The van der Waals surface area contributed by atoms with Gasteiger partial charge in [0, 0.05) is 13.1 Å². The van der Waals surface area contributed by atoms with Crippen molar-refractivity contribution in [3.8, 4) is 0 Å². The largest absolute Gasteiger partial charge is 0.401 e. The Morgan fingerprint density at radius 1 is 1.50 bits per heavy atom. The molecule has 0 aliphatic rings. The molecule has 0 aliphatic heterocycles. The molecule has 0 bridgehead atoms. The summed E-state index contributed by atoms with van der Waals surface area (Å²) in [4.78, 5) is 5.06. The minimum absolute atomic E-state index is 0.112. The van der Waals surface area contributed by atoms with Crippen molar-refractivity contribution in [3.63, 3.8) is 0 Å². The molecule has 0 fully saturated rings. The predicted molar refractivity (Wildman–Crippen MR) is 51.6 cm³/mol. The summed E-state index contributed by atoms with van der Waals surface area (Å²) in [5.74, 6) is 0.431. The summed E-state index contributed by atoms with van der Waals surface area (Å²) in [6, 6.07) is 0. The van der Waals surface area contributed by atoms with Gasteiger partial charge < -0.3 is 5.32 Å². The summed E-state index contributed by atoms with van der Waals surface area (Å²) >= 11 is 0. The van der Waals surface area contributed by atoms with Gasteiger partial charge in [-0.2, -0.15) is 18.3 Å². The number of aromatic nitrogens is 3. The lowest BCUT2D eigenvalue weighted by Crippen LogP contribution is -2.38. The van der Waals surface area contributed by atoms with Crippen molar-refractivity contribution in [2.75, 3.05) is 26.7 Å². The van der Waals surface area contributed by atoms with Gasteiger partial charge >= 0.3 is 6.18 Å². The fourth-order valence-corrected chi connectivity index (χ4v) is 1.26. The van der Waals surface area contributed by atoms with E-state index in [1.165, 1.54) is 11.2 Å². The van der Waals surface area contributed by atoms with Crippen LogP contribution >= 0.6 is 0 Å². The molecule has 1 aromatic rings. The van der Waals surface area contributed by atoms with Crippen LogP contribution in [0.3, 0.4) is 0 Å². The van der Waals surface area contributed by atoms with Crippen LogP contribution in [0.1, 0.15) is 5.82 Å². The molecular weight excluding hydrogens is 223 g/mol. The van der Waals surface area contributed by atoms with E-state index >= 15 is 0 Å². The minimum Gasteiger partial charge on any atom is -0.318 e. The van der Waals surface area contributed by atoms with Gasteiger partial charge in [-0.05, 0) is 7.05 Å². The SMILES string of the molecule is CNCCN(Cc1ncn[nH]1)CC(F)(F)F. The quantitative estimate of drug-likeness (QED) is 0.751. The van der Waals surface area contributed by atoms with Crippen LogP contribution in [0.5, 0.6) is 0 Å². The van der Waals surface area contributed by atoms with Crippen LogP contribution < -0.4 is 5.32 Å². The molecule has 0 spiro atoms. The van der Waals surface area contributed by atoms with E-state index < -0.39 is 12.7 Å². The Bertz CT molecular complexity index is 284. The van der Waals surface area contributed by atoms with Gasteiger partial charge in [-0.25, -0.2) is 4.98 Å². The molecule has 0 aromatic carbocycles. The molecule has 1 rings (SSSR count). The lowest BCUT2D eigenvalue weighted by Gasteiger charge is -2.22. The highest BCUT2D eigenvalue weighted by molar-refractivity contribution is 4.81. The lowest BCUT2D eigenvalue weighted by atomic mass is 10.4. The Morgan fingerprint density at radius 2 is 2.25 bits per heavy atom. The fraction of sp³-hybridized carbons (Fsp3) is 0.750. The summed E-state index contributed by atoms with van der Waals surface area (Å²) in [5, 5.41) is 8.94. The molecule has 2 N–H and O–H groups in total. The molecule has 0 aliphatic carbocycles. The van der Waals surface area contributed by atoms with Gasteiger partial charge in [0.1, 0.15) is 12.2 Å². The van der Waals surface area contributed by atoms with E-state index in [2.05, 4.69) is 20.5 Å². The number of halogens is 3. The smallest absolute Gasteiger partial charge is 0.318 e. The number of alkyl halides is 3. The molecule has 0 saturated heterocycles. The van der Waals surface area contributed by atoms with Crippen LogP contribution in [0.25, 0.3) is 0 Å². The van der Waals surface area contributed by atoms with E-state index in [9.17, 15) is 13.2 Å². The first-order valence-electron chi connectivity index (χ1n) is 4.79. The fourth-order valence-electron chi connectivity index (χ4n) is 1.26. The zero-order valence-electron chi connectivity index (χ0n) is 8.88. The van der Waals surface area contributed by atoms with Crippen LogP contribution in [-0.4, -0.2) is 52.9 Å². The van der Waals surface area contributed by atoms with Crippen molar-refractivity contribution in [3.05, 3.63) is 12.2 Å². The third-order valence-corrected chi connectivity index (χ3v) is 1.92. The minimum atomic E-state index is -4.20. The second kappa shape index (κ2) is 5.80. The van der Waals surface area contributed by atoms with E-state index in [1.807, 2.05) is 0 Å². The van der Waals surface area contributed by atoms with Gasteiger partial charge in [0.25, 0.3) is 0 Å². The third kappa shape index (κ3) is 5.08. The first-order chi connectivity index (χ1) is 7.51. The number of rotatable bonds is 6. The van der Waals surface area contributed by atoms with E-state index in [4.69, 9.17) is 0 Å². The Morgan fingerprint density at radius 3 is 2.75 bits per heavy atom. The number of hydrogen-bond acceptors (Lipinski definition) is 4. The zero-order chi connectivity index (χ0) is 12.0. The van der Waals surface area contributed by atoms with E-state index in [-0.39, 0.29) is 6.54 Å². The molecule has 0 amide bonds. The van der Waals surface area contributed by atoms with E-state index in [0.717, 1.165) is 0 Å². The first kappa shape index (κ1) is 12.9. The third-order valence-electron chi connectivity index (χ3n) is 1.92. The zero-order valence-corrected chi connectivity index (χ0v) is 8.88. The Kier molecular flexibility index (Phi) is 4.69. The summed E-state index contributed by atoms with van der Waals surface area (Å²) < 4.78 is 36.8. The monoisotopic (exact) mass is 237 g/mol. The lowest BCUT2D eigenvalue weighted by molar-refractivity contribution is -0.147. The second-order valence-electron chi connectivity index (χ2n) is 3.36. The van der Waals surface area contributed by atoms with Crippen LogP contribution in [0, 0.1) is 0 Å². The molecular formula is C8H14F3N5. The molecule has 16 heavy (non-hydrogen) atoms. The number of aromatic amines is 1. The molecule has 1 aromatic heterocycles. The van der Waals surface area contributed by atoms with Crippen molar-refractivity contribution in [2.45, 2.75) is 12.7 Å². The van der Waals surface area contributed by atoms with Gasteiger partial charge in [0.05, 0.1) is 13.1 Å². The maximum Gasteiger partial charge on any atom is 0.401 e. The van der Waals surface area contributed by atoms with Gasteiger partial charge in [-0.15, -0.1) is 0 Å². The normalized spacial score (nSPS) is 12.3. The Hall–Kier alpha value is -1.15. The van der Waals surface area contributed by atoms with Crippen molar-refractivity contribution in [1.29, 1.82) is 0 Å². The maximum atomic E-state index is 12.3. The molecule has 8 heteroatoms. The molecule has 0 atom stereocenters. The van der Waals surface area contributed by atoms with Crippen LogP contribution in [0.4, 0.5) is 13.2 Å². The summed E-state index contributed by atoms with van der Waals surface area (Å²) in [6.07, 6.45) is -2.92. The number of nitrogens with one attached hydrogen (secondary N) is 2. The molecule has 1 heterocycles. The number of H-pyrrole nitrogens is 1. The van der Waals surface area contributed by atoms with Crippen LogP contribution in [0.15, 0.2) is 6.33 Å². The predicted octanol–water partition coefficient (Wildman–Crippen LogP) is 0.388. The summed E-state index contributed by atoms with van der Waals surface area (Å²) in [6.45, 7) is -0.0441. The molecule has 0 saturated carbocycles. The second-order valence-corrected chi connectivity index (χ2v) is 3.36. The molecule has 5 nitrogen and oxygen atoms in total. The van der Waals surface area contributed by atoms with E-state index in [0.29, 0.717) is 18.9 Å². The highest BCUT2D eigenvalue weighted by Crippen LogP contribution is 2.16. The van der Waals surface area contributed by atoms with Crippen LogP contribution in [0.2, 0.25) is 0 Å². The summed E-state index contributed by atoms with van der Waals surface area (Å²) in [7, 11) is 1.69. The highest BCUT2D eigenvalue weighted by Gasteiger charge is 2.30. The van der Waals surface area contributed by atoms with Crippen molar-refractivity contribution < 1.29 is 13.2 Å². The number of hydrogen-bond donors (Lipinski definition) is 2. The van der Waals surface area contributed by atoms with E-state index in [1.54, 1.807) is 7.05 Å². The highest BCUT2D eigenvalue weighted by atomic mass is 19.4. The Labute approximate surface area is 91.0 Å². The van der Waals surface area contributed by atoms with Gasteiger partial charge in [0.15, 0.2) is 0 Å². The van der Waals surface area contributed by atoms with Crippen LogP contribution in [-0.2, 0) is 6.54 Å². The van der Waals surface area contributed by atoms with Crippen molar-refractivity contribution in [2.24, 2.45) is 0 Å². The van der Waals surface area contributed by atoms with Crippen molar-refractivity contribution >= 4 is 0 Å². The van der Waals surface area contributed by atoms with Gasteiger partial charge in [-0.1, -0.05) is 0 Å². The molecule has 0 unspecified atom stereocenters. The molecule has 92 valence electrons. The standard InChI is InChI=1S/C8H14F3N5/c1-12-2-3-16(5-8(9,10)11)4-7-13-6-14-15-7/h6,12H,2-5H2,1H3,(H,13,14,15). The number of likely N-dealkylation sites (N-methyl/N-ethyl adjacent to an activating group) is 1.